The molecule has 6 heteroatoms. The highest BCUT2D eigenvalue weighted by Crippen LogP contribution is 2.26. The van der Waals surface area contributed by atoms with Gasteiger partial charge in [0.1, 0.15) is 5.82 Å². The van der Waals surface area contributed by atoms with E-state index in [-0.39, 0.29) is 6.03 Å². The second-order valence-corrected chi connectivity index (χ2v) is 7.30. The van der Waals surface area contributed by atoms with Crippen LogP contribution in [0.4, 0.5) is 16.3 Å². The van der Waals surface area contributed by atoms with Crippen LogP contribution in [0.15, 0.2) is 48.7 Å². The molecule has 1 atom stereocenters. The van der Waals surface area contributed by atoms with Gasteiger partial charge in [0.25, 0.3) is 0 Å². The summed E-state index contributed by atoms with van der Waals surface area (Å²) in [5.74, 6) is 1.35. The standard InChI is InChI=1S/C21H27N5O/c27-21(22-13-15-25-14-11-18-8-4-5-9-19(18)25)24-20-10-12-23-26(20)16-17-6-2-1-3-7-17/h1-2,4-5,8-10,12,17H,3,6-7,11,13-16H2,(H2,22,24,27)/t17-/m0/s1. The molecule has 2 amide bonds. The smallest absolute Gasteiger partial charge is 0.320 e. The molecule has 2 aromatic rings. The Labute approximate surface area is 160 Å². The normalized spacial score (nSPS) is 18.4. The molecule has 142 valence electrons. The molecule has 2 aliphatic rings. The minimum atomic E-state index is -0.173. The molecule has 0 saturated carbocycles. The summed E-state index contributed by atoms with van der Waals surface area (Å²) in [6.45, 7) is 3.29. The van der Waals surface area contributed by atoms with E-state index in [9.17, 15) is 4.79 Å². The molecular weight excluding hydrogens is 338 g/mol. The number of anilines is 2. The molecule has 6 nitrogen and oxygen atoms in total. The maximum absolute atomic E-state index is 12.3. The number of nitrogens with one attached hydrogen (secondary N) is 2. The molecule has 1 aromatic carbocycles. The number of hydrogen-bond acceptors (Lipinski definition) is 3. The van der Waals surface area contributed by atoms with Crippen LogP contribution in [0.5, 0.6) is 0 Å². The van der Waals surface area contributed by atoms with Crippen LogP contribution >= 0.6 is 0 Å². The van der Waals surface area contributed by atoms with E-state index in [4.69, 9.17) is 0 Å². The second-order valence-electron chi connectivity index (χ2n) is 7.30. The topological polar surface area (TPSA) is 62.2 Å². The molecule has 4 rings (SSSR count). The minimum Gasteiger partial charge on any atom is -0.369 e. The van der Waals surface area contributed by atoms with E-state index in [1.807, 2.05) is 10.7 Å². The van der Waals surface area contributed by atoms with Crippen LogP contribution in [0.25, 0.3) is 0 Å². The van der Waals surface area contributed by atoms with Crippen LogP contribution in [-0.4, -0.2) is 35.4 Å². The van der Waals surface area contributed by atoms with E-state index in [2.05, 4.69) is 57.0 Å². The molecule has 1 aliphatic carbocycles. The number of aromatic nitrogens is 2. The summed E-state index contributed by atoms with van der Waals surface area (Å²) < 4.78 is 1.90. The van der Waals surface area contributed by atoms with Gasteiger partial charge in [0.15, 0.2) is 0 Å². The quantitative estimate of drug-likeness (QED) is 0.771. The van der Waals surface area contributed by atoms with Crippen LogP contribution in [-0.2, 0) is 13.0 Å². The highest BCUT2D eigenvalue weighted by Gasteiger charge is 2.18. The number of para-hydroxylation sites is 1. The van der Waals surface area contributed by atoms with Gasteiger partial charge in [-0.05, 0) is 43.2 Å². The van der Waals surface area contributed by atoms with Gasteiger partial charge in [0.05, 0.1) is 6.20 Å². The Hall–Kier alpha value is -2.76. The number of carbonyl (C=O) groups is 1. The molecule has 0 spiro atoms. The first kappa shape index (κ1) is 17.6. The number of benzene rings is 1. The first-order valence-electron chi connectivity index (χ1n) is 9.84. The summed E-state index contributed by atoms with van der Waals surface area (Å²) in [6, 6.07) is 10.2. The Kier molecular flexibility index (Phi) is 5.42. The first-order chi connectivity index (χ1) is 13.3. The Morgan fingerprint density at radius 2 is 2.15 bits per heavy atom. The number of hydrogen-bond donors (Lipinski definition) is 2. The fourth-order valence-electron chi connectivity index (χ4n) is 3.95. The van der Waals surface area contributed by atoms with E-state index in [1.165, 1.54) is 17.7 Å². The molecule has 1 aliphatic heterocycles. The number of urea groups is 1. The molecule has 0 radical (unpaired) electrons. The lowest BCUT2D eigenvalue weighted by molar-refractivity contribution is 0.252. The number of nitrogens with zero attached hydrogens (tertiary/aromatic N) is 3. The second kappa shape index (κ2) is 8.29. The molecule has 2 heterocycles. The lowest BCUT2D eigenvalue weighted by atomic mass is 9.94. The third-order valence-electron chi connectivity index (χ3n) is 5.42. The zero-order chi connectivity index (χ0) is 18.5. The van der Waals surface area contributed by atoms with Gasteiger partial charge >= 0.3 is 6.03 Å². The Bertz CT molecular complexity index is 812. The maximum atomic E-state index is 12.3. The number of fused-ring (bicyclic) bond motifs is 1. The van der Waals surface area contributed by atoms with Gasteiger partial charge in [-0.15, -0.1) is 0 Å². The highest BCUT2D eigenvalue weighted by atomic mass is 16.2. The largest absolute Gasteiger partial charge is 0.369 e. The minimum absolute atomic E-state index is 0.173. The summed E-state index contributed by atoms with van der Waals surface area (Å²) in [7, 11) is 0. The van der Waals surface area contributed by atoms with Gasteiger partial charge < -0.3 is 10.2 Å². The van der Waals surface area contributed by atoms with E-state index in [0.717, 1.165) is 44.7 Å². The van der Waals surface area contributed by atoms with Crippen LogP contribution in [0.2, 0.25) is 0 Å². The number of carbonyl (C=O) groups excluding carboxylic acids is 1. The van der Waals surface area contributed by atoms with E-state index in [0.29, 0.717) is 12.5 Å². The van der Waals surface area contributed by atoms with E-state index in [1.54, 1.807) is 6.20 Å². The summed E-state index contributed by atoms with van der Waals surface area (Å²) in [5, 5.41) is 10.3. The van der Waals surface area contributed by atoms with Crippen molar-refractivity contribution in [3.8, 4) is 0 Å². The summed E-state index contributed by atoms with van der Waals surface area (Å²) in [4.78, 5) is 14.6. The van der Waals surface area contributed by atoms with Crippen molar-refractivity contribution >= 4 is 17.5 Å². The molecule has 27 heavy (non-hydrogen) atoms. The molecule has 0 saturated heterocycles. The maximum Gasteiger partial charge on any atom is 0.320 e. The molecule has 2 N–H and O–H groups in total. The third-order valence-corrected chi connectivity index (χ3v) is 5.42. The lowest BCUT2D eigenvalue weighted by Gasteiger charge is -2.20. The zero-order valence-electron chi connectivity index (χ0n) is 15.6. The van der Waals surface area contributed by atoms with Crippen LogP contribution in [0.3, 0.4) is 0 Å². The van der Waals surface area contributed by atoms with Crippen molar-refractivity contribution in [3.05, 3.63) is 54.2 Å². The average Bonchev–Trinajstić information content (AvgIpc) is 3.30. The Balaban J connectivity index is 1.24. The summed E-state index contributed by atoms with van der Waals surface area (Å²) in [5.41, 5.74) is 2.68. The van der Waals surface area contributed by atoms with E-state index >= 15 is 0 Å². The Morgan fingerprint density at radius 3 is 3.04 bits per heavy atom. The predicted molar refractivity (Wildman–Crippen MR) is 108 cm³/mol. The summed E-state index contributed by atoms with van der Waals surface area (Å²) >= 11 is 0. The monoisotopic (exact) mass is 365 g/mol. The van der Waals surface area contributed by atoms with E-state index < -0.39 is 0 Å². The van der Waals surface area contributed by atoms with Crippen molar-refractivity contribution in [3.63, 3.8) is 0 Å². The fourth-order valence-corrected chi connectivity index (χ4v) is 3.95. The van der Waals surface area contributed by atoms with Gasteiger partial charge in [-0.1, -0.05) is 30.4 Å². The van der Waals surface area contributed by atoms with Crippen molar-refractivity contribution in [1.82, 2.24) is 15.1 Å². The molecular formula is C21H27N5O. The SMILES string of the molecule is O=C(NCCN1CCc2ccccc21)Nc1ccnn1C[C@H]1CC=CCC1. The summed E-state index contributed by atoms with van der Waals surface area (Å²) in [6.07, 6.45) is 10.7. The number of allylic oxidation sites excluding steroid dienone is 2. The lowest BCUT2D eigenvalue weighted by Crippen LogP contribution is -2.37. The number of amides is 2. The van der Waals surface area contributed by atoms with Crippen LogP contribution in [0, 0.1) is 5.92 Å². The predicted octanol–water partition coefficient (Wildman–Crippen LogP) is 3.42. The molecule has 0 fully saturated rings. The van der Waals surface area contributed by atoms with Gasteiger partial charge in [0, 0.05) is 37.9 Å². The molecule has 1 aromatic heterocycles. The first-order valence-corrected chi connectivity index (χ1v) is 9.84. The van der Waals surface area contributed by atoms with Gasteiger partial charge in [-0.3, -0.25) is 5.32 Å². The van der Waals surface area contributed by atoms with Gasteiger partial charge in [-0.2, -0.15) is 5.10 Å². The fraction of sp³-hybridized carbons (Fsp3) is 0.429. The van der Waals surface area contributed by atoms with Crippen molar-refractivity contribution in [2.45, 2.75) is 32.2 Å². The highest BCUT2D eigenvalue weighted by molar-refractivity contribution is 5.88. The third kappa shape index (κ3) is 4.32. The van der Waals surface area contributed by atoms with Crippen molar-refractivity contribution < 1.29 is 4.79 Å². The van der Waals surface area contributed by atoms with Gasteiger partial charge in [0.2, 0.25) is 0 Å². The zero-order valence-corrected chi connectivity index (χ0v) is 15.6. The Morgan fingerprint density at radius 1 is 1.22 bits per heavy atom. The van der Waals surface area contributed by atoms with Crippen LogP contribution < -0.4 is 15.5 Å². The van der Waals surface area contributed by atoms with Gasteiger partial charge in [-0.25, -0.2) is 9.48 Å². The molecule has 0 unspecified atom stereocenters. The van der Waals surface area contributed by atoms with Crippen molar-refractivity contribution in [2.24, 2.45) is 5.92 Å². The van der Waals surface area contributed by atoms with Crippen molar-refractivity contribution in [2.75, 3.05) is 29.9 Å². The molecule has 0 bridgehead atoms. The van der Waals surface area contributed by atoms with Crippen molar-refractivity contribution in [1.29, 1.82) is 0 Å². The average molecular weight is 365 g/mol. The van der Waals surface area contributed by atoms with Crippen LogP contribution in [0.1, 0.15) is 24.8 Å². The number of rotatable bonds is 6.